The second kappa shape index (κ2) is 9.38. The SMILES string of the molecule is CC[C@]1(c2ccc(F)cc2)NC(=O)N(CC(=O)N2CCN(S(=O)(=O)c3ccc(C)cc3)CC2)C1=O. The van der Waals surface area contributed by atoms with E-state index in [1.54, 1.807) is 31.2 Å². The van der Waals surface area contributed by atoms with Crippen molar-refractivity contribution >= 4 is 27.9 Å². The van der Waals surface area contributed by atoms with Gasteiger partial charge in [0.15, 0.2) is 0 Å². The van der Waals surface area contributed by atoms with Crippen LogP contribution in [-0.2, 0) is 25.2 Å². The Bertz CT molecular complexity index is 1240. The lowest BCUT2D eigenvalue weighted by molar-refractivity contribution is -0.139. The predicted octanol–water partition coefficient (Wildman–Crippen LogP) is 1.82. The third-order valence-electron chi connectivity index (χ3n) is 6.59. The van der Waals surface area contributed by atoms with Crippen LogP contribution in [0.3, 0.4) is 0 Å². The van der Waals surface area contributed by atoms with Crippen molar-refractivity contribution in [2.45, 2.75) is 30.7 Å². The minimum atomic E-state index is -3.68. The van der Waals surface area contributed by atoms with Crippen LogP contribution in [0, 0.1) is 12.7 Å². The van der Waals surface area contributed by atoms with Crippen molar-refractivity contribution in [1.82, 2.24) is 19.4 Å². The Balaban J connectivity index is 1.41. The van der Waals surface area contributed by atoms with E-state index >= 15 is 0 Å². The van der Waals surface area contributed by atoms with Gasteiger partial charge < -0.3 is 10.2 Å². The van der Waals surface area contributed by atoms with Gasteiger partial charge in [0.2, 0.25) is 15.9 Å². The van der Waals surface area contributed by atoms with Gasteiger partial charge in [-0.05, 0) is 43.2 Å². The molecule has 2 aliphatic heterocycles. The van der Waals surface area contributed by atoms with Crippen LogP contribution in [0.25, 0.3) is 0 Å². The number of halogens is 1. The Morgan fingerprint density at radius 1 is 1.00 bits per heavy atom. The molecule has 1 N–H and O–H groups in total. The zero-order valence-electron chi connectivity index (χ0n) is 19.5. The van der Waals surface area contributed by atoms with Crippen molar-refractivity contribution in [2.24, 2.45) is 0 Å². The van der Waals surface area contributed by atoms with Gasteiger partial charge in [-0.2, -0.15) is 4.31 Å². The summed E-state index contributed by atoms with van der Waals surface area (Å²) in [5.74, 6) is -1.50. The lowest BCUT2D eigenvalue weighted by atomic mass is 9.87. The lowest BCUT2D eigenvalue weighted by Gasteiger charge is -2.34. The maximum Gasteiger partial charge on any atom is 0.325 e. The van der Waals surface area contributed by atoms with E-state index in [0.717, 1.165) is 10.5 Å². The normalized spacial score (nSPS) is 21.3. The average Bonchev–Trinajstić information content (AvgIpc) is 3.10. The standard InChI is InChI=1S/C24H27FN4O5S/c1-3-24(18-6-8-19(25)9-7-18)22(31)29(23(32)26-24)16-21(30)27-12-14-28(15-13-27)35(33,34)20-10-4-17(2)5-11-20/h4-11H,3,12-16H2,1-2H3,(H,26,32)/t24-/m1/s1. The topological polar surface area (TPSA) is 107 Å². The highest BCUT2D eigenvalue weighted by Crippen LogP contribution is 2.32. The molecular weight excluding hydrogens is 475 g/mol. The molecule has 0 aliphatic carbocycles. The first kappa shape index (κ1) is 24.8. The van der Waals surface area contributed by atoms with E-state index in [9.17, 15) is 27.2 Å². The van der Waals surface area contributed by atoms with Crippen LogP contribution >= 0.6 is 0 Å². The molecule has 1 atom stereocenters. The maximum absolute atomic E-state index is 13.4. The molecule has 0 bridgehead atoms. The number of hydrogen-bond acceptors (Lipinski definition) is 5. The van der Waals surface area contributed by atoms with Gasteiger partial charge in [0.1, 0.15) is 17.9 Å². The number of sulfonamides is 1. The Morgan fingerprint density at radius 3 is 2.17 bits per heavy atom. The van der Waals surface area contributed by atoms with Gasteiger partial charge in [-0.25, -0.2) is 17.6 Å². The van der Waals surface area contributed by atoms with E-state index in [1.165, 1.54) is 33.5 Å². The fourth-order valence-electron chi connectivity index (χ4n) is 4.42. The summed E-state index contributed by atoms with van der Waals surface area (Å²) in [5, 5.41) is 2.67. The summed E-state index contributed by atoms with van der Waals surface area (Å²) in [6, 6.07) is 11.2. The summed E-state index contributed by atoms with van der Waals surface area (Å²) in [6.07, 6.45) is 0.226. The number of hydrogen-bond donors (Lipinski definition) is 1. The van der Waals surface area contributed by atoms with E-state index in [1.807, 2.05) is 6.92 Å². The fourth-order valence-corrected chi connectivity index (χ4v) is 5.84. The summed E-state index contributed by atoms with van der Waals surface area (Å²) >= 11 is 0. The lowest BCUT2D eigenvalue weighted by Crippen LogP contribution is -2.53. The van der Waals surface area contributed by atoms with Crippen molar-refractivity contribution in [2.75, 3.05) is 32.7 Å². The van der Waals surface area contributed by atoms with Crippen molar-refractivity contribution in [3.05, 3.63) is 65.5 Å². The second-order valence-electron chi connectivity index (χ2n) is 8.69. The van der Waals surface area contributed by atoms with Gasteiger partial charge in [0.05, 0.1) is 4.90 Å². The second-order valence-corrected chi connectivity index (χ2v) is 10.6. The highest BCUT2D eigenvalue weighted by Gasteiger charge is 2.52. The summed E-state index contributed by atoms with van der Waals surface area (Å²) in [6.45, 7) is 3.64. The monoisotopic (exact) mass is 502 g/mol. The molecule has 2 saturated heterocycles. The largest absolute Gasteiger partial charge is 0.338 e. The number of benzene rings is 2. The predicted molar refractivity (Wildman–Crippen MR) is 125 cm³/mol. The fraction of sp³-hybridized carbons (Fsp3) is 0.375. The van der Waals surface area contributed by atoms with Gasteiger partial charge in [-0.15, -0.1) is 0 Å². The Morgan fingerprint density at radius 2 is 1.60 bits per heavy atom. The summed E-state index contributed by atoms with van der Waals surface area (Å²) < 4.78 is 40.5. The summed E-state index contributed by atoms with van der Waals surface area (Å²) in [5.41, 5.74) is 0.0160. The van der Waals surface area contributed by atoms with E-state index in [0.29, 0.717) is 5.56 Å². The first-order valence-electron chi connectivity index (χ1n) is 11.3. The molecule has 2 fully saturated rings. The number of nitrogens with one attached hydrogen (secondary N) is 1. The van der Waals surface area contributed by atoms with Crippen molar-refractivity contribution in [3.8, 4) is 0 Å². The number of amides is 4. The van der Waals surface area contributed by atoms with Crippen LogP contribution in [0.4, 0.5) is 9.18 Å². The quantitative estimate of drug-likeness (QED) is 0.607. The number of imide groups is 1. The zero-order chi connectivity index (χ0) is 25.4. The van der Waals surface area contributed by atoms with Gasteiger partial charge in [0.25, 0.3) is 5.91 Å². The Labute approximate surface area is 203 Å². The Kier molecular flexibility index (Phi) is 6.65. The van der Waals surface area contributed by atoms with E-state index in [-0.39, 0.29) is 37.5 Å². The number of aryl methyl sites for hydroxylation is 1. The average molecular weight is 503 g/mol. The minimum absolute atomic E-state index is 0.108. The maximum atomic E-state index is 13.4. The number of piperazine rings is 1. The van der Waals surface area contributed by atoms with E-state index < -0.39 is 45.8 Å². The number of rotatable bonds is 6. The molecule has 35 heavy (non-hydrogen) atoms. The highest BCUT2D eigenvalue weighted by molar-refractivity contribution is 7.89. The molecule has 186 valence electrons. The van der Waals surface area contributed by atoms with Crippen LogP contribution in [0.5, 0.6) is 0 Å². The molecule has 2 aromatic rings. The van der Waals surface area contributed by atoms with Crippen LogP contribution in [0.15, 0.2) is 53.4 Å². The summed E-state index contributed by atoms with van der Waals surface area (Å²) in [7, 11) is -3.68. The molecule has 0 spiro atoms. The van der Waals surface area contributed by atoms with Crippen molar-refractivity contribution in [3.63, 3.8) is 0 Å². The molecule has 2 aromatic carbocycles. The first-order valence-corrected chi connectivity index (χ1v) is 12.8. The molecule has 0 saturated carbocycles. The van der Waals surface area contributed by atoms with Gasteiger partial charge in [0, 0.05) is 26.2 Å². The molecule has 11 heteroatoms. The van der Waals surface area contributed by atoms with Crippen LogP contribution in [0.1, 0.15) is 24.5 Å². The summed E-state index contributed by atoms with van der Waals surface area (Å²) in [4.78, 5) is 41.3. The van der Waals surface area contributed by atoms with Gasteiger partial charge >= 0.3 is 6.03 Å². The van der Waals surface area contributed by atoms with Gasteiger partial charge in [-0.1, -0.05) is 36.8 Å². The zero-order valence-corrected chi connectivity index (χ0v) is 20.3. The number of carbonyl (C=O) groups excluding carboxylic acids is 3. The van der Waals surface area contributed by atoms with Gasteiger partial charge in [-0.3, -0.25) is 14.5 Å². The first-order chi connectivity index (χ1) is 16.6. The molecular formula is C24H27FN4O5S. The van der Waals surface area contributed by atoms with Crippen molar-refractivity contribution < 1.29 is 27.2 Å². The van der Waals surface area contributed by atoms with E-state index in [2.05, 4.69) is 5.32 Å². The van der Waals surface area contributed by atoms with Crippen LogP contribution in [-0.4, -0.2) is 73.1 Å². The number of nitrogens with zero attached hydrogens (tertiary/aromatic N) is 3. The molecule has 0 unspecified atom stereocenters. The van der Waals surface area contributed by atoms with Crippen LogP contribution < -0.4 is 5.32 Å². The smallest absolute Gasteiger partial charge is 0.325 e. The van der Waals surface area contributed by atoms with E-state index in [4.69, 9.17) is 0 Å². The molecule has 9 nitrogen and oxygen atoms in total. The number of urea groups is 1. The molecule has 4 amide bonds. The molecule has 2 aliphatic rings. The number of carbonyl (C=O) groups is 3. The minimum Gasteiger partial charge on any atom is -0.338 e. The molecule has 0 radical (unpaired) electrons. The van der Waals surface area contributed by atoms with Crippen LogP contribution in [0.2, 0.25) is 0 Å². The molecule has 4 rings (SSSR count). The molecule has 0 aromatic heterocycles. The third-order valence-corrected chi connectivity index (χ3v) is 8.50. The molecule has 2 heterocycles. The Hall–Kier alpha value is -3.31. The third kappa shape index (κ3) is 4.53. The van der Waals surface area contributed by atoms with Crippen molar-refractivity contribution in [1.29, 1.82) is 0 Å². The highest BCUT2D eigenvalue weighted by atomic mass is 32.2.